The smallest absolute Gasteiger partial charge is 0.270 e. The van der Waals surface area contributed by atoms with Gasteiger partial charge in [0.2, 0.25) is 5.91 Å². The summed E-state index contributed by atoms with van der Waals surface area (Å²) in [6, 6.07) is 0.268. The number of thioether (sulfide) groups is 1. The lowest BCUT2D eigenvalue weighted by Crippen LogP contribution is -2.18. The van der Waals surface area contributed by atoms with Crippen LogP contribution in [-0.4, -0.2) is 31.2 Å². The van der Waals surface area contributed by atoms with Gasteiger partial charge >= 0.3 is 0 Å². The largest absolute Gasteiger partial charge is 0.310 e. The molecule has 2 aromatic rings. The molecule has 1 atom stereocenters. The van der Waals surface area contributed by atoms with Crippen LogP contribution in [0.4, 0.5) is 5.82 Å². The standard InChI is InChI=1S/C15H19N5O2S/c1-19-7-9(6-16-19)13-12-14(17-11(21)8-23-13)20(18-15(12)22)10-4-2-3-5-10/h6-7,10,13H,2-5,8H2,1H3,(H,17,21)(H,18,22)/t13-/m1/s1. The number of H-pyrrole nitrogens is 1. The third kappa shape index (κ3) is 2.50. The quantitative estimate of drug-likeness (QED) is 0.878. The first-order valence-corrected chi connectivity index (χ1v) is 8.93. The monoisotopic (exact) mass is 333 g/mol. The Balaban J connectivity index is 1.84. The molecule has 2 aliphatic rings. The molecule has 0 radical (unpaired) electrons. The highest BCUT2D eigenvalue weighted by atomic mass is 32.2. The second kappa shape index (κ2) is 5.59. The first-order valence-electron chi connectivity index (χ1n) is 7.88. The lowest BCUT2D eigenvalue weighted by Gasteiger charge is -2.16. The van der Waals surface area contributed by atoms with Crippen LogP contribution in [0.25, 0.3) is 0 Å². The molecule has 0 saturated heterocycles. The highest BCUT2D eigenvalue weighted by molar-refractivity contribution is 8.00. The lowest BCUT2D eigenvalue weighted by molar-refractivity contribution is -0.113. The fourth-order valence-corrected chi connectivity index (χ4v) is 4.61. The third-order valence-corrected chi connectivity index (χ3v) is 5.85. The number of hydrogen-bond acceptors (Lipinski definition) is 4. The summed E-state index contributed by atoms with van der Waals surface area (Å²) in [5.74, 6) is 0.914. The van der Waals surface area contributed by atoms with Crippen molar-refractivity contribution in [2.24, 2.45) is 7.05 Å². The first kappa shape index (κ1) is 14.6. The van der Waals surface area contributed by atoms with Crippen LogP contribution in [0.5, 0.6) is 0 Å². The maximum atomic E-state index is 12.6. The van der Waals surface area contributed by atoms with Crippen LogP contribution >= 0.6 is 11.8 Å². The van der Waals surface area contributed by atoms with E-state index >= 15 is 0 Å². The number of carbonyl (C=O) groups excluding carboxylic acids is 1. The number of fused-ring (bicyclic) bond motifs is 1. The number of carbonyl (C=O) groups is 1. The van der Waals surface area contributed by atoms with E-state index in [-0.39, 0.29) is 22.8 Å². The Bertz CT molecular complexity index is 799. The number of amides is 1. The fourth-order valence-electron chi connectivity index (χ4n) is 3.52. The molecule has 8 heteroatoms. The summed E-state index contributed by atoms with van der Waals surface area (Å²) in [5, 5.41) is 9.93. The Kier molecular flexibility index (Phi) is 3.56. The fraction of sp³-hybridized carbons (Fsp3) is 0.533. The van der Waals surface area contributed by atoms with Gasteiger partial charge in [-0.2, -0.15) is 5.10 Å². The van der Waals surface area contributed by atoms with E-state index in [0.29, 0.717) is 17.1 Å². The minimum absolute atomic E-state index is 0.0617. The molecule has 1 saturated carbocycles. The van der Waals surface area contributed by atoms with Crippen molar-refractivity contribution >= 4 is 23.5 Å². The molecule has 0 aromatic carbocycles. The van der Waals surface area contributed by atoms with Crippen molar-refractivity contribution in [2.45, 2.75) is 37.0 Å². The Morgan fingerprint density at radius 2 is 2.09 bits per heavy atom. The van der Waals surface area contributed by atoms with Gasteiger partial charge in [-0.1, -0.05) is 12.8 Å². The maximum absolute atomic E-state index is 12.6. The highest BCUT2D eigenvalue weighted by Gasteiger charge is 2.33. The van der Waals surface area contributed by atoms with E-state index in [0.717, 1.165) is 31.2 Å². The van der Waals surface area contributed by atoms with Crippen molar-refractivity contribution in [1.29, 1.82) is 0 Å². The molecule has 1 aliphatic heterocycles. The molecule has 0 spiro atoms. The zero-order valence-electron chi connectivity index (χ0n) is 12.9. The molecule has 23 heavy (non-hydrogen) atoms. The zero-order valence-corrected chi connectivity index (χ0v) is 13.7. The van der Waals surface area contributed by atoms with E-state index in [4.69, 9.17) is 0 Å². The summed E-state index contributed by atoms with van der Waals surface area (Å²) in [6.45, 7) is 0. The molecular weight excluding hydrogens is 314 g/mol. The Morgan fingerprint density at radius 3 is 2.78 bits per heavy atom. The van der Waals surface area contributed by atoms with Gasteiger partial charge in [-0.15, -0.1) is 11.8 Å². The molecule has 122 valence electrons. The van der Waals surface area contributed by atoms with E-state index < -0.39 is 0 Å². The molecule has 0 bridgehead atoms. The van der Waals surface area contributed by atoms with Crippen molar-refractivity contribution in [3.63, 3.8) is 0 Å². The third-order valence-electron chi connectivity index (χ3n) is 4.58. The molecule has 2 N–H and O–H groups in total. The number of aromatic amines is 1. The summed E-state index contributed by atoms with van der Waals surface area (Å²) in [4.78, 5) is 24.7. The van der Waals surface area contributed by atoms with Crippen LogP contribution < -0.4 is 10.9 Å². The molecule has 4 rings (SSSR count). The Labute approximate surface area is 137 Å². The highest BCUT2D eigenvalue weighted by Crippen LogP contribution is 2.41. The first-order chi connectivity index (χ1) is 11.1. The van der Waals surface area contributed by atoms with Crippen molar-refractivity contribution < 1.29 is 4.79 Å². The minimum Gasteiger partial charge on any atom is -0.310 e. The molecular formula is C15H19N5O2S. The summed E-state index contributed by atoms with van der Waals surface area (Å²) in [6.07, 6.45) is 8.07. The van der Waals surface area contributed by atoms with E-state index in [1.54, 1.807) is 10.9 Å². The summed E-state index contributed by atoms with van der Waals surface area (Å²) in [7, 11) is 1.85. The van der Waals surface area contributed by atoms with E-state index in [2.05, 4.69) is 15.5 Å². The van der Waals surface area contributed by atoms with E-state index in [1.165, 1.54) is 11.8 Å². The van der Waals surface area contributed by atoms with Crippen LogP contribution in [0.15, 0.2) is 17.2 Å². The number of aromatic nitrogens is 4. The van der Waals surface area contributed by atoms with Gasteiger partial charge in [0.1, 0.15) is 5.82 Å². The van der Waals surface area contributed by atoms with Gasteiger partial charge in [-0.05, 0) is 12.8 Å². The van der Waals surface area contributed by atoms with E-state index in [1.807, 2.05) is 17.9 Å². The Morgan fingerprint density at radius 1 is 1.30 bits per heavy atom. The average molecular weight is 333 g/mol. The summed E-state index contributed by atoms with van der Waals surface area (Å²) < 4.78 is 3.61. The number of rotatable bonds is 2. The van der Waals surface area contributed by atoms with Crippen LogP contribution in [0, 0.1) is 0 Å². The minimum atomic E-state index is -0.177. The summed E-state index contributed by atoms with van der Waals surface area (Å²) in [5.41, 5.74) is 1.47. The van der Waals surface area contributed by atoms with Crippen molar-refractivity contribution in [1.82, 2.24) is 19.6 Å². The number of nitrogens with one attached hydrogen (secondary N) is 2. The van der Waals surface area contributed by atoms with Gasteiger partial charge in [-0.25, -0.2) is 0 Å². The number of aryl methyl sites for hydroxylation is 1. The second-order valence-corrected chi connectivity index (χ2v) is 7.29. The SMILES string of the molecule is Cn1cc([C@H]2SCC(=O)Nc3c2c(=O)[nH]n3C2CCCC2)cn1. The van der Waals surface area contributed by atoms with Crippen molar-refractivity contribution in [3.05, 3.63) is 33.9 Å². The van der Waals surface area contributed by atoms with Gasteiger partial charge in [0, 0.05) is 18.8 Å². The zero-order chi connectivity index (χ0) is 16.0. The average Bonchev–Trinajstić information content (AvgIpc) is 3.21. The van der Waals surface area contributed by atoms with Crippen molar-refractivity contribution in [2.75, 3.05) is 11.1 Å². The van der Waals surface area contributed by atoms with Crippen LogP contribution in [0.3, 0.4) is 0 Å². The van der Waals surface area contributed by atoms with Crippen LogP contribution in [0.2, 0.25) is 0 Å². The molecule has 1 fully saturated rings. The molecule has 1 aliphatic carbocycles. The lowest BCUT2D eigenvalue weighted by atomic mass is 10.1. The van der Waals surface area contributed by atoms with Gasteiger partial charge in [0.15, 0.2) is 0 Å². The molecule has 3 heterocycles. The number of hydrogen-bond donors (Lipinski definition) is 2. The van der Waals surface area contributed by atoms with Crippen LogP contribution in [-0.2, 0) is 11.8 Å². The predicted octanol–water partition coefficient (Wildman–Crippen LogP) is 1.80. The topological polar surface area (TPSA) is 84.7 Å². The molecule has 1 amide bonds. The van der Waals surface area contributed by atoms with Crippen molar-refractivity contribution in [3.8, 4) is 0 Å². The normalized spacial score (nSPS) is 22.0. The van der Waals surface area contributed by atoms with Gasteiger partial charge in [-0.3, -0.25) is 24.1 Å². The molecule has 0 unspecified atom stereocenters. The Hall–Kier alpha value is -1.96. The van der Waals surface area contributed by atoms with Gasteiger partial charge in [0.05, 0.1) is 28.8 Å². The number of nitrogens with zero attached hydrogens (tertiary/aromatic N) is 3. The van der Waals surface area contributed by atoms with E-state index in [9.17, 15) is 9.59 Å². The molecule has 7 nitrogen and oxygen atoms in total. The number of anilines is 1. The maximum Gasteiger partial charge on any atom is 0.270 e. The van der Waals surface area contributed by atoms with Gasteiger partial charge < -0.3 is 5.32 Å². The molecule has 2 aromatic heterocycles. The van der Waals surface area contributed by atoms with Crippen LogP contribution in [0.1, 0.15) is 48.1 Å². The summed E-state index contributed by atoms with van der Waals surface area (Å²) >= 11 is 1.47. The predicted molar refractivity (Wildman–Crippen MR) is 88.7 cm³/mol. The second-order valence-electron chi connectivity index (χ2n) is 6.20. The van der Waals surface area contributed by atoms with Gasteiger partial charge in [0.25, 0.3) is 5.56 Å².